The second kappa shape index (κ2) is 4.56. The molecular weight excluding hydrogens is 268 g/mol. The molecule has 1 aliphatic rings. The smallest absolute Gasteiger partial charge is 0.231 e. The molecule has 0 radical (unpaired) electrons. The van der Waals surface area contributed by atoms with Crippen LogP contribution >= 0.6 is 0 Å². The highest BCUT2D eigenvalue weighted by Crippen LogP contribution is 2.38. The molecule has 21 heavy (non-hydrogen) atoms. The van der Waals surface area contributed by atoms with E-state index in [-0.39, 0.29) is 6.79 Å². The first kappa shape index (κ1) is 11.8. The lowest BCUT2D eigenvalue weighted by Gasteiger charge is -2.10. The fourth-order valence-corrected chi connectivity index (χ4v) is 2.31. The molecule has 0 fully saturated rings. The van der Waals surface area contributed by atoms with Gasteiger partial charge in [0.2, 0.25) is 6.79 Å². The lowest BCUT2D eigenvalue weighted by atomic mass is 10.1. The van der Waals surface area contributed by atoms with Gasteiger partial charge >= 0.3 is 0 Å². The number of hydrogen-bond acceptors (Lipinski definition) is 5. The van der Waals surface area contributed by atoms with Gasteiger partial charge in [0, 0.05) is 17.6 Å². The number of anilines is 1. The maximum Gasteiger partial charge on any atom is 0.231 e. The normalized spacial score (nSPS) is 12.6. The van der Waals surface area contributed by atoms with Crippen LogP contribution in [0.15, 0.2) is 48.7 Å². The Hall–Kier alpha value is -2.95. The Bertz CT molecular complexity index is 833. The average molecular weight is 280 g/mol. The van der Waals surface area contributed by atoms with Crippen LogP contribution in [0.1, 0.15) is 0 Å². The topological polar surface area (TPSA) is 66.6 Å². The van der Waals surface area contributed by atoms with Gasteiger partial charge in [-0.25, -0.2) is 0 Å². The fraction of sp³-hybridized carbons (Fsp3) is 0.0625. The van der Waals surface area contributed by atoms with E-state index in [0.717, 1.165) is 16.7 Å². The standard InChI is InChI=1S/C16H12N2O3/c17-16-11-2-1-7-18-12(11)4-6-14(16)21-10-3-5-13-15(8-10)20-9-19-13/h1-8H,9,17H2. The van der Waals surface area contributed by atoms with E-state index in [0.29, 0.717) is 22.9 Å². The van der Waals surface area contributed by atoms with Gasteiger partial charge in [-0.2, -0.15) is 0 Å². The molecule has 1 aromatic heterocycles. The monoisotopic (exact) mass is 280 g/mol. The minimum absolute atomic E-state index is 0.239. The summed E-state index contributed by atoms with van der Waals surface area (Å²) in [5.74, 6) is 2.63. The molecule has 0 saturated carbocycles. The lowest BCUT2D eigenvalue weighted by molar-refractivity contribution is 0.174. The zero-order valence-electron chi connectivity index (χ0n) is 11.1. The second-order valence-corrected chi connectivity index (χ2v) is 4.66. The third-order valence-electron chi connectivity index (χ3n) is 3.36. The molecule has 0 unspecified atom stereocenters. The Morgan fingerprint density at radius 3 is 2.90 bits per heavy atom. The zero-order valence-corrected chi connectivity index (χ0v) is 11.1. The van der Waals surface area contributed by atoms with Crippen LogP contribution in [0.3, 0.4) is 0 Å². The van der Waals surface area contributed by atoms with Crippen molar-refractivity contribution >= 4 is 16.6 Å². The summed E-state index contributed by atoms with van der Waals surface area (Å²) < 4.78 is 16.5. The van der Waals surface area contributed by atoms with Gasteiger partial charge in [-0.1, -0.05) is 0 Å². The van der Waals surface area contributed by atoms with Crippen molar-refractivity contribution in [1.29, 1.82) is 0 Å². The number of rotatable bonds is 2. The van der Waals surface area contributed by atoms with Gasteiger partial charge in [0.1, 0.15) is 5.75 Å². The number of benzene rings is 2. The molecule has 0 amide bonds. The van der Waals surface area contributed by atoms with Crippen LogP contribution in [0, 0.1) is 0 Å². The summed E-state index contributed by atoms with van der Waals surface area (Å²) in [6.45, 7) is 0.239. The molecular formula is C16H12N2O3. The van der Waals surface area contributed by atoms with Gasteiger partial charge in [0.25, 0.3) is 0 Å². The van der Waals surface area contributed by atoms with Crippen LogP contribution in [0.2, 0.25) is 0 Å². The van der Waals surface area contributed by atoms with Gasteiger partial charge in [0.15, 0.2) is 17.2 Å². The summed E-state index contributed by atoms with van der Waals surface area (Å²) in [4.78, 5) is 4.27. The molecule has 0 spiro atoms. The number of aromatic nitrogens is 1. The molecule has 3 aromatic rings. The summed E-state index contributed by atoms with van der Waals surface area (Å²) in [7, 11) is 0. The van der Waals surface area contributed by atoms with Crippen molar-refractivity contribution in [3.8, 4) is 23.0 Å². The van der Waals surface area contributed by atoms with Crippen molar-refractivity contribution in [2.45, 2.75) is 0 Å². The van der Waals surface area contributed by atoms with E-state index < -0.39 is 0 Å². The molecule has 0 atom stereocenters. The van der Waals surface area contributed by atoms with Gasteiger partial charge in [-0.15, -0.1) is 0 Å². The summed E-state index contributed by atoms with van der Waals surface area (Å²) in [5.41, 5.74) is 7.57. The number of pyridine rings is 1. The second-order valence-electron chi connectivity index (χ2n) is 4.66. The van der Waals surface area contributed by atoms with Crippen molar-refractivity contribution in [3.05, 3.63) is 48.7 Å². The number of hydrogen-bond donors (Lipinski definition) is 1. The highest BCUT2D eigenvalue weighted by molar-refractivity contribution is 5.93. The van der Waals surface area contributed by atoms with E-state index >= 15 is 0 Å². The van der Waals surface area contributed by atoms with Crippen LogP contribution in [0.4, 0.5) is 5.69 Å². The van der Waals surface area contributed by atoms with E-state index in [2.05, 4.69) is 4.98 Å². The number of nitrogens with zero attached hydrogens (tertiary/aromatic N) is 1. The summed E-state index contributed by atoms with van der Waals surface area (Å²) in [5, 5.41) is 0.871. The quantitative estimate of drug-likeness (QED) is 0.729. The van der Waals surface area contributed by atoms with E-state index in [9.17, 15) is 0 Å². The van der Waals surface area contributed by atoms with Gasteiger partial charge in [-0.05, 0) is 36.4 Å². The van der Waals surface area contributed by atoms with Gasteiger partial charge < -0.3 is 19.9 Å². The zero-order chi connectivity index (χ0) is 14.2. The minimum Gasteiger partial charge on any atom is -0.455 e. The third-order valence-corrected chi connectivity index (χ3v) is 3.36. The van der Waals surface area contributed by atoms with E-state index in [1.165, 1.54) is 0 Å². The van der Waals surface area contributed by atoms with Crippen molar-refractivity contribution < 1.29 is 14.2 Å². The maximum absolute atomic E-state index is 6.16. The van der Waals surface area contributed by atoms with Crippen LogP contribution in [-0.2, 0) is 0 Å². The largest absolute Gasteiger partial charge is 0.455 e. The van der Waals surface area contributed by atoms with Crippen LogP contribution < -0.4 is 19.9 Å². The van der Waals surface area contributed by atoms with E-state index in [4.69, 9.17) is 19.9 Å². The molecule has 0 bridgehead atoms. The number of nitrogen functional groups attached to an aromatic ring is 1. The maximum atomic E-state index is 6.16. The molecule has 104 valence electrons. The van der Waals surface area contributed by atoms with Gasteiger partial charge in [0.05, 0.1) is 11.2 Å². The number of ether oxygens (including phenoxy) is 3. The first-order valence-corrected chi connectivity index (χ1v) is 6.52. The van der Waals surface area contributed by atoms with Crippen molar-refractivity contribution in [2.75, 3.05) is 12.5 Å². The Morgan fingerprint density at radius 2 is 1.95 bits per heavy atom. The molecule has 5 heteroatoms. The van der Waals surface area contributed by atoms with Gasteiger partial charge in [-0.3, -0.25) is 4.98 Å². The van der Waals surface area contributed by atoms with E-state index in [1.54, 1.807) is 12.3 Å². The van der Waals surface area contributed by atoms with Crippen molar-refractivity contribution in [1.82, 2.24) is 4.98 Å². The van der Waals surface area contributed by atoms with Crippen molar-refractivity contribution in [3.63, 3.8) is 0 Å². The van der Waals surface area contributed by atoms with Crippen LogP contribution in [0.25, 0.3) is 10.9 Å². The predicted octanol–water partition coefficient (Wildman–Crippen LogP) is 3.34. The average Bonchev–Trinajstić information content (AvgIpc) is 2.98. The van der Waals surface area contributed by atoms with E-state index in [1.807, 2.05) is 36.4 Å². The molecule has 0 aliphatic carbocycles. The third kappa shape index (κ3) is 1.99. The Morgan fingerprint density at radius 1 is 1.05 bits per heavy atom. The molecule has 2 aromatic carbocycles. The summed E-state index contributed by atoms with van der Waals surface area (Å²) >= 11 is 0. The molecule has 1 aliphatic heterocycles. The van der Waals surface area contributed by atoms with Crippen LogP contribution in [-0.4, -0.2) is 11.8 Å². The summed E-state index contributed by atoms with van der Waals surface area (Å²) in [6.07, 6.45) is 1.74. The minimum atomic E-state index is 0.239. The highest BCUT2D eigenvalue weighted by Gasteiger charge is 2.15. The first-order chi connectivity index (χ1) is 10.3. The first-order valence-electron chi connectivity index (χ1n) is 6.52. The molecule has 2 heterocycles. The predicted molar refractivity (Wildman–Crippen MR) is 78.8 cm³/mol. The van der Waals surface area contributed by atoms with Crippen LogP contribution in [0.5, 0.6) is 23.0 Å². The van der Waals surface area contributed by atoms with Crippen molar-refractivity contribution in [2.24, 2.45) is 0 Å². The Kier molecular flexibility index (Phi) is 2.57. The lowest BCUT2D eigenvalue weighted by Crippen LogP contribution is -1.94. The fourth-order valence-electron chi connectivity index (χ4n) is 2.31. The summed E-state index contributed by atoms with van der Waals surface area (Å²) in [6, 6.07) is 12.9. The molecule has 5 nitrogen and oxygen atoms in total. The Balaban J connectivity index is 1.72. The highest BCUT2D eigenvalue weighted by atomic mass is 16.7. The molecule has 2 N–H and O–H groups in total. The SMILES string of the molecule is Nc1c(Oc2ccc3c(c2)OCO3)ccc2ncccc12. The molecule has 4 rings (SSSR count). The number of fused-ring (bicyclic) bond motifs is 2. The molecule has 0 saturated heterocycles. The Labute approximate surface area is 120 Å². The number of nitrogens with two attached hydrogens (primary N) is 1.